The number of hydrogen-bond donors (Lipinski definition) is 3. The summed E-state index contributed by atoms with van der Waals surface area (Å²) < 4.78 is 0. The lowest BCUT2D eigenvalue weighted by atomic mass is 9.90. The highest BCUT2D eigenvalue weighted by atomic mass is 15.2. The van der Waals surface area contributed by atoms with Crippen molar-refractivity contribution in [3.63, 3.8) is 0 Å². The van der Waals surface area contributed by atoms with Crippen LogP contribution in [-0.4, -0.2) is 11.4 Å². The average molecular weight is 204 g/mol. The van der Waals surface area contributed by atoms with E-state index in [2.05, 4.69) is 28.7 Å². The van der Waals surface area contributed by atoms with Crippen molar-refractivity contribution in [1.82, 2.24) is 10.7 Å². The van der Waals surface area contributed by atoms with Crippen molar-refractivity contribution >= 4 is 5.84 Å². The molecule has 0 radical (unpaired) electrons. The molecule has 0 aromatic heterocycles. The number of hydrazine groups is 1. The molecule has 1 saturated carbocycles. The van der Waals surface area contributed by atoms with Crippen LogP contribution in [0.5, 0.6) is 0 Å². The van der Waals surface area contributed by atoms with Crippen LogP contribution >= 0.6 is 0 Å². The molecular formula is C11H16N4. The lowest BCUT2D eigenvalue weighted by Crippen LogP contribution is -2.43. The number of rotatable bonds is 2. The number of amidine groups is 1. The molecule has 1 fully saturated rings. The maximum absolute atomic E-state index is 5.40. The quantitative estimate of drug-likeness (QED) is 0.460. The molecule has 4 heteroatoms. The topological polar surface area (TPSA) is 62.4 Å². The molecule has 1 heterocycles. The highest BCUT2D eigenvalue weighted by molar-refractivity contribution is 5.91. The molecule has 0 spiro atoms. The summed E-state index contributed by atoms with van der Waals surface area (Å²) in [5.41, 5.74) is 4.75. The van der Waals surface area contributed by atoms with E-state index in [4.69, 9.17) is 5.84 Å². The van der Waals surface area contributed by atoms with E-state index in [9.17, 15) is 0 Å². The minimum atomic E-state index is -0.00171. The number of fused-ring (bicyclic) bond motifs is 1. The largest absolute Gasteiger partial charge is 0.362 e. The van der Waals surface area contributed by atoms with Gasteiger partial charge in [-0.3, -0.25) is 5.84 Å². The first-order chi connectivity index (χ1) is 7.21. The second kappa shape index (κ2) is 2.85. The van der Waals surface area contributed by atoms with Gasteiger partial charge in [0.05, 0.1) is 11.2 Å². The Morgan fingerprint density at radius 1 is 1.60 bits per heavy atom. The van der Waals surface area contributed by atoms with E-state index in [1.165, 1.54) is 18.7 Å². The number of hydrogen-bond acceptors (Lipinski definition) is 4. The van der Waals surface area contributed by atoms with Crippen LogP contribution in [0.25, 0.3) is 0 Å². The van der Waals surface area contributed by atoms with Gasteiger partial charge in [0.2, 0.25) is 0 Å². The molecule has 0 aromatic rings. The van der Waals surface area contributed by atoms with Crippen LogP contribution in [0.15, 0.2) is 28.5 Å². The van der Waals surface area contributed by atoms with E-state index in [-0.39, 0.29) is 5.54 Å². The van der Waals surface area contributed by atoms with Crippen LogP contribution in [0.4, 0.5) is 0 Å². The average Bonchev–Trinajstić information content (AvgIpc) is 3.00. The Morgan fingerprint density at radius 3 is 3.07 bits per heavy atom. The Labute approximate surface area is 89.3 Å². The fraction of sp³-hybridized carbons (Fsp3) is 0.545. The Balaban J connectivity index is 1.92. The summed E-state index contributed by atoms with van der Waals surface area (Å²) in [4.78, 5) is 4.67. The fourth-order valence-electron chi connectivity index (χ4n) is 2.15. The highest BCUT2D eigenvalue weighted by Gasteiger charge is 2.41. The molecule has 0 amide bonds. The van der Waals surface area contributed by atoms with Crippen LogP contribution in [0, 0.1) is 5.92 Å². The summed E-state index contributed by atoms with van der Waals surface area (Å²) in [6.07, 6.45) is 7.65. The molecule has 4 N–H and O–H groups in total. The predicted molar refractivity (Wildman–Crippen MR) is 59.8 cm³/mol. The molecule has 15 heavy (non-hydrogen) atoms. The van der Waals surface area contributed by atoms with Gasteiger partial charge in [-0.25, -0.2) is 4.99 Å². The van der Waals surface area contributed by atoms with Gasteiger partial charge in [-0.2, -0.15) is 0 Å². The minimum Gasteiger partial charge on any atom is -0.362 e. The third kappa shape index (κ3) is 1.36. The molecule has 1 unspecified atom stereocenters. The van der Waals surface area contributed by atoms with E-state index in [1.807, 2.05) is 6.08 Å². The van der Waals surface area contributed by atoms with Gasteiger partial charge in [0, 0.05) is 11.6 Å². The number of nitrogens with two attached hydrogens (primary N) is 1. The molecule has 0 saturated heterocycles. The van der Waals surface area contributed by atoms with Gasteiger partial charge < -0.3 is 10.7 Å². The van der Waals surface area contributed by atoms with E-state index < -0.39 is 0 Å². The van der Waals surface area contributed by atoms with E-state index in [1.54, 1.807) is 0 Å². The summed E-state index contributed by atoms with van der Waals surface area (Å²) >= 11 is 0. The fourth-order valence-corrected chi connectivity index (χ4v) is 2.15. The Morgan fingerprint density at radius 2 is 2.40 bits per heavy atom. The summed E-state index contributed by atoms with van der Waals surface area (Å²) in [5.74, 6) is 7.26. The maximum Gasteiger partial charge on any atom is 0.106 e. The minimum absolute atomic E-state index is 0.00171. The van der Waals surface area contributed by atoms with Crippen LogP contribution in [0.1, 0.15) is 26.2 Å². The zero-order chi connectivity index (χ0) is 10.5. The summed E-state index contributed by atoms with van der Waals surface area (Å²) in [5, 5.41) is 3.54. The lowest BCUT2D eigenvalue weighted by Gasteiger charge is -2.28. The molecule has 3 aliphatic rings. The monoisotopic (exact) mass is 204 g/mol. The standard InChI is InChI=1S/C11H16N4/c1-11-5-4-8(15-12)6-9(11)13-10(14-11)7-2-3-7/h4,6-7,15H,2-3,5,12H2,1H3,(H,13,14). The van der Waals surface area contributed by atoms with Crippen LogP contribution in [-0.2, 0) is 0 Å². The van der Waals surface area contributed by atoms with Crippen LogP contribution in [0.3, 0.4) is 0 Å². The summed E-state index contributed by atoms with van der Waals surface area (Å²) in [7, 11) is 0. The van der Waals surface area contributed by atoms with Crippen molar-refractivity contribution in [2.24, 2.45) is 16.8 Å². The van der Waals surface area contributed by atoms with Crippen molar-refractivity contribution in [1.29, 1.82) is 0 Å². The molecule has 0 aromatic carbocycles. The molecule has 1 atom stereocenters. The number of nitrogens with one attached hydrogen (secondary N) is 2. The number of nitrogens with zero attached hydrogens (tertiary/aromatic N) is 1. The lowest BCUT2D eigenvalue weighted by molar-refractivity contribution is 0.502. The van der Waals surface area contributed by atoms with Gasteiger partial charge in [0.1, 0.15) is 5.84 Å². The Hall–Kier alpha value is -1.29. The second-order valence-corrected chi connectivity index (χ2v) is 4.77. The third-order valence-electron chi connectivity index (χ3n) is 3.36. The van der Waals surface area contributed by atoms with E-state index in [0.717, 1.165) is 17.8 Å². The van der Waals surface area contributed by atoms with Crippen molar-refractivity contribution in [2.45, 2.75) is 31.7 Å². The highest BCUT2D eigenvalue weighted by Crippen LogP contribution is 2.38. The molecular weight excluding hydrogens is 188 g/mol. The predicted octanol–water partition coefficient (Wildman–Crippen LogP) is 0.792. The Bertz CT molecular complexity index is 389. The first-order valence-corrected chi connectivity index (χ1v) is 5.47. The second-order valence-electron chi connectivity index (χ2n) is 4.77. The smallest absolute Gasteiger partial charge is 0.106 e. The van der Waals surface area contributed by atoms with E-state index in [0.29, 0.717) is 5.92 Å². The van der Waals surface area contributed by atoms with Crippen molar-refractivity contribution in [3.05, 3.63) is 23.5 Å². The normalized spacial score (nSPS) is 33.6. The number of aliphatic imine (C=N–C) groups is 1. The SMILES string of the molecule is CC12CC=C(NN)C=C1N=C(C1CC1)N2. The van der Waals surface area contributed by atoms with Gasteiger partial charge in [-0.05, 0) is 32.3 Å². The third-order valence-corrected chi connectivity index (χ3v) is 3.36. The van der Waals surface area contributed by atoms with Gasteiger partial charge in [0.15, 0.2) is 0 Å². The zero-order valence-electron chi connectivity index (χ0n) is 8.88. The molecule has 4 nitrogen and oxygen atoms in total. The van der Waals surface area contributed by atoms with Crippen molar-refractivity contribution in [2.75, 3.05) is 0 Å². The van der Waals surface area contributed by atoms with Crippen LogP contribution in [0.2, 0.25) is 0 Å². The molecule has 2 aliphatic carbocycles. The first-order valence-electron chi connectivity index (χ1n) is 5.47. The summed E-state index contributed by atoms with van der Waals surface area (Å²) in [6, 6.07) is 0. The molecule has 3 rings (SSSR count). The molecule has 1 aliphatic heterocycles. The van der Waals surface area contributed by atoms with Gasteiger partial charge >= 0.3 is 0 Å². The van der Waals surface area contributed by atoms with Crippen molar-refractivity contribution < 1.29 is 0 Å². The van der Waals surface area contributed by atoms with Gasteiger partial charge in [-0.1, -0.05) is 6.08 Å². The van der Waals surface area contributed by atoms with Crippen LogP contribution < -0.4 is 16.6 Å². The molecule has 80 valence electrons. The van der Waals surface area contributed by atoms with Crippen molar-refractivity contribution in [3.8, 4) is 0 Å². The van der Waals surface area contributed by atoms with E-state index >= 15 is 0 Å². The zero-order valence-corrected chi connectivity index (χ0v) is 8.88. The number of allylic oxidation sites excluding steroid dienone is 1. The first kappa shape index (κ1) is 8.97. The van der Waals surface area contributed by atoms with Gasteiger partial charge in [0.25, 0.3) is 0 Å². The summed E-state index contributed by atoms with van der Waals surface area (Å²) in [6.45, 7) is 2.20. The maximum atomic E-state index is 5.40. The van der Waals surface area contributed by atoms with Gasteiger partial charge in [-0.15, -0.1) is 0 Å². The molecule has 0 bridgehead atoms. The Kier molecular flexibility index (Phi) is 1.71.